The number of nitrogens with one attached hydrogen (secondary N) is 1. The summed E-state index contributed by atoms with van der Waals surface area (Å²) in [5.41, 5.74) is -1.14. The number of hydrogen-bond acceptors (Lipinski definition) is 3. The van der Waals surface area contributed by atoms with Crippen LogP contribution in [-0.4, -0.2) is 53.8 Å². The van der Waals surface area contributed by atoms with E-state index in [1.54, 1.807) is 18.9 Å². The van der Waals surface area contributed by atoms with E-state index in [0.29, 0.717) is 13.1 Å². The van der Waals surface area contributed by atoms with Crippen molar-refractivity contribution in [1.29, 1.82) is 0 Å². The Balaban J connectivity index is 1.96. The van der Waals surface area contributed by atoms with E-state index in [4.69, 9.17) is 4.74 Å². The van der Waals surface area contributed by atoms with E-state index in [-0.39, 0.29) is 18.1 Å². The van der Waals surface area contributed by atoms with Crippen molar-refractivity contribution in [1.82, 2.24) is 10.2 Å². The molecule has 2 N–H and O–H groups in total. The first kappa shape index (κ1) is 13.1. The smallest absolute Gasteiger partial charge is 0.329 e. The third kappa shape index (κ3) is 2.43. The lowest BCUT2D eigenvalue weighted by atomic mass is 9.96. The van der Waals surface area contributed by atoms with Crippen LogP contribution in [0.4, 0.5) is 4.79 Å². The first-order valence-electron chi connectivity index (χ1n) is 6.30. The summed E-state index contributed by atoms with van der Waals surface area (Å²) in [6, 6.07) is -0.300. The summed E-state index contributed by atoms with van der Waals surface area (Å²) in [5, 5.41) is 11.9. The molecular formula is C12H20N2O4. The monoisotopic (exact) mass is 256 g/mol. The Morgan fingerprint density at radius 1 is 1.39 bits per heavy atom. The highest BCUT2D eigenvalue weighted by atomic mass is 16.5. The molecule has 1 saturated heterocycles. The van der Waals surface area contributed by atoms with Crippen LogP contribution in [0.3, 0.4) is 0 Å². The molecule has 1 aliphatic carbocycles. The van der Waals surface area contributed by atoms with Crippen LogP contribution < -0.4 is 5.32 Å². The van der Waals surface area contributed by atoms with Crippen molar-refractivity contribution in [2.75, 3.05) is 20.2 Å². The van der Waals surface area contributed by atoms with E-state index in [1.807, 2.05) is 0 Å². The average Bonchev–Trinajstić information content (AvgIpc) is 3.07. The number of aliphatic carboxylic acids is 1. The van der Waals surface area contributed by atoms with Gasteiger partial charge in [-0.25, -0.2) is 9.59 Å². The number of nitrogens with zero attached hydrogens (tertiary/aromatic N) is 1. The van der Waals surface area contributed by atoms with Crippen molar-refractivity contribution in [3.05, 3.63) is 0 Å². The molecule has 2 atom stereocenters. The number of urea groups is 1. The number of hydrogen-bond donors (Lipinski definition) is 2. The van der Waals surface area contributed by atoms with Gasteiger partial charge in [0, 0.05) is 20.2 Å². The van der Waals surface area contributed by atoms with E-state index in [2.05, 4.69) is 5.32 Å². The van der Waals surface area contributed by atoms with Gasteiger partial charge in [-0.2, -0.15) is 0 Å². The number of ether oxygens (including phenoxy) is 1. The predicted octanol–water partition coefficient (Wildman–Crippen LogP) is 0.670. The molecule has 18 heavy (non-hydrogen) atoms. The van der Waals surface area contributed by atoms with Gasteiger partial charge in [0.2, 0.25) is 0 Å². The Labute approximate surface area is 106 Å². The van der Waals surface area contributed by atoms with E-state index in [9.17, 15) is 14.7 Å². The molecule has 2 rings (SSSR count). The van der Waals surface area contributed by atoms with E-state index >= 15 is 0 Å². The fourth-order valence-electron chi connectivity index (χ4n) is 2.40. The van der Waals surface area contributed by atoms with Crippen LogP contribution in [0.1, 0.15) is 26.2 Å². The van der Waals surface area contributed by atoms with Gasteiger partial charge in [-0.05, 0) is 32.1 Å². The number of carbonyl (C=O) groups excluding carboxylic acids is 1. The highest BCUT2D eigenvalue weighted by Gasteiger charge is 2.49. The lowest BCUT2D eigenvalue weighted by Gasteiger charge is -2.29. The molecule has 1 saturated carbocycles. The highest BCUT2D eigenvalue weighted by molar-refractivity contribution is 5.86. The lowest BCUT2D eigenvalue weighted by Crippen LogP contribution is -2.57. The van der Waals surface area contributed by atoms with Gasteiger partial charge in [0.1, 0.15) is 5.54 Å². The number of carboxylic acid groups (broad SMARTS) is 1. The fraction of sp³-hybridized carbons (Fsp3) is 0.833. The molecule has 2 fully saturated rings. The first-order chi connectivity index (χ1) is 8.47. The summed E-state index contributed by atoms with van der Waals surface area (Å²) in [7, 11) is 1.62. The molecule has 0 radical (unpaired) electrons. The highest BCUT2D eigenvalue weighted by Crippen LogP contribution is 2.39. The number of carbonyl (C=O) groups is 2. The molecule has 2 amide bonds. The second-order valence-corrected chi connectivity index (χ2v) is 5.30. The van der Waals surface area contributed by atoms with Crippen LogP contribution in [0.5, 0.6) is 0 Å². The lowest BCUT2D eigenvalue weighted by molar-refractivity contribution is -0.144. The molecule has 0 aromatic heterocycles. The van der Waals surface area contributed by atoms with Gasteiger partial charge in [0.05, 0.1) is 6.10 Å². The first-order valence-corrected chi connectivity index (χ1v) is 6.30. The van der Waals surface area contributed by atoms with Crippen molar-refractivity contribution >= 4 is 12.0 Å². The van der Waals surface area contributed by atoms with Crippen LogP contribution in [0.2, 0.25) is 0 Å². The second-order valence-electron chi connectivity index (χ2n) is 5.30. The van der Waals surface area contributed by atoms with Crippen LogP contribution >= 0.6 is 0 Å². The standard InChI is InChI=1S/C12H20N2O4/c1-12(10(15)16,8-3-4-8)13-11(17)14-6-5-9(7-14)18-2/h8-9H,3-7H2,1-2H3,(H,13,17)(H,15,16). The minimum absolute atomic E-state index is 0.0553. The largest absolute Gasteiger partial charge is 0.480 e. The third-order valence-electron chi connectivity index (χ3n) is 3.97. The van der Waals surface area contributed by atoms with Gasteiger partial charge in [-0.3, -0.25) is 0 Å². The SMILES string of the molecule is COC1CCN(C(=O)NC(C)(C(=O)O)C2CC2)C1. The zero-order valence-electron chi connectivity index (χ0n) is 10.8. The molecule has 6 nitrogen and oxygen atoms in total. The number of carboxylic acids is 1. The van der Waals surface area contributed by atoms with Crippen molar-refractivity contribution in [2.45, 2.75) is 37.8 Å². The maximum atomic E-state index is 12.1. The van der Waals surface area contributed by atoms with Gasteiger partial charge in [0.15, 0.2) is 0 Å². The maximum absolute atomic E-state index is 12.1. The van der Waals surface area contributed by atoms with E-state index in [0.717, 1.165) is 19.3 Å². The average molecular weight is 256 g/mol. The van der Waals surface area contributed by atoms with Gasteiger partial charge in [-0.1, -0.05) is 0 Å². The Morgan fingerprint density at radius 2 is 2.06 bits per heavy atom. The topological polar surface area (TPSA) is 78.9 Å². The van der Waals surface area contributed by atoms with E-state index < -0.39 is 11.5 Å². The second kappa shape index (κ2) is 4.76. The number of methoxy groups -OCH3 is 1. The minimum atomic E-state index is -1.14. The molecular weight excluding hydrogens is 236 g/mol. The zero-order chi connectivity index (χ0) is 13.3. The molecule has 6 heteroatoms. The van der Waals surface area contributed by atoms with Crippen LogP contribution in [0.25, 0.3) is 0 Å². The number of likely N-dealkylation sites (tertiary alicyclic amines) is 1. The van der Waals surface area contributed by atoms with Crippen LogP contribution in [0, 0.1) is 5.92 Å². The normalized spacial score (nSPS) is 26.8. The Kier molecular flexibility index (Phi) is 3.47. The predicted molar refractivity (Wildman–Crippen MR) is 64.3 cm³/mol. The van der Waals surface area contributed by atoms with Crippen molar-refractivity contribution < 1.29 is 19.4 Å². The Bertz CT molecular complexity index is 356. The van der Waals surface area contributed by atoms with Crippen molar-refractivity contribution in [3.8, 4) is 0 Å². The maximum Gasteiger partial charge on any atom is 0.329 e. The third-order valence-corrected chi connectivity index (χ3v) is 3.97. The summed E-state index contributed by atoms with van der Waals surface area (Å²) in [4.78, 5) is 25.0. The van der Waals surface area contributed by atoms with E-state index in [1.165, 1.54) is 0 Å². The summed E-state index contributed by atoms with van der Waals surface area (Å²) >= 11 is 0. The quantitative estimate of drug-likeness (QED) is 0.775. The molecule has 2 aliphatic rings. The molecule has 2 unspecified atom stereocenters. The van der Waals surface area contributed by atoms with Gasteiger partial charge in [-0.15, -0.1) is 0 Å². The van der Waals surface area contributed by atoms with Crippen molar-refractivity contribution in [3.63, 3.8) is 0 Å². The van der Waals surface area contributed by atoms with Gasteiger partial charge >= 0.3 is 12.0 Å². The summed E-state index contributed by atoms with van der Waals surface area (Å²) in [6.07, 6.45) is 2.60. The fourth-order valence-corrected chi connectivity index (χ4v) is 2.40. The molecule has 102 valence electrons. The number of amides is 2. The Morgan fingerprint density at radius 3 is 2.50 bits per heavy atom. The van der Waals surface area contributed by atoms with Gasteiger partial charge in [0.25, 0.3) is 0 Å². The molecule has 1 heterocycles. The van der Waals surface area contributed by atoms with Crippen molar-refractivity contribution in [2.24, 2.45) is 5.92 Å². The summed E-state index contributed by atoms with van der Waals surface area (Å²) in [5.74, 6) is -0.902. The molecule has 0 aromatic rings. The molecule has 0 spiro atoms. The Hall–Kier alpha value is -1.30. The summed E-state index contributed by atoms with van der Waals surface area (Å²) in [6.45, 7) is 2.74. The summed E-state index contributed by atoms with van der Waals surface area (Å²) < 4.78 is 5.19. The van der Waals surface area contributed by atoms with Crippen LogP contribution in [0.15, 0.2) is 0 Å². The number of rotatable bonds is 4. The zero-order valence-corrected chi connectivity index (χ0v) is 10.8. The van der Waals surface area contributed by atoms with Crippen LogP contribution in [-0.2, 0) is 9.53 Å². The minimum Gasteiger partial charge on any atom is -0.480 e. The molecule has 0 aromatic carbocycles. The van der Waals surface area contributed by atoms with Gasteiger partial charge < -0.3 is 20.1 Å². The molecule has 1 aliphatic heterocycles. The molecule has 0 bridgehead atoms.